The summed E-state index contributed by atoms with van der Waals surface area (Å²) in [6, 6.07) is 13.2. The third-order valence-corrected chi connectivity index (χ3v) is 5.22. The predicted molar refractivity (Wildman–Crippen MR) is 125 cm³/mol. The average molecular weight is 550 g/mol. The lowest BCUT2D eigenvalue weighted by atomic mass is 10.0. The average Bonchev–Trinajstić information content (AvgIpc) is 2.73. The van der Waals surface area contributed by atoms with E-state index in [4.69, 9.17) is 0 Å². The van der Waals surface area contributed by atoms with Gasteiger partial charge in [0.25, 0.3) is 0 Å². The number of benzene rings is 2. The van der Waals surface area contributed by atoms with Crippen molar-refractivity contribution in [3.63, 3.8) is 0 Å². The molecule has 4 nitrogen and oxygen atoms in total. The Kier molecular flexibility index (Phi) is 9.54. The number of piperidine rings is 1. The normalized spacial score (nSPS) is 16.0. The van der Waals surface area contributed by atoms with E-state index in [9.17, 15) is 17.6 Å². The molecule has 0 aliphatic carbocycles. The molecule has 0 radical (unpaired) electrons. The van der Waals surface area contributed by atoms with Crippen LogP contribution >= 0.6 is 24.0 Å². The predicted octanol–water partition coefficient (Wildman–Crippen LogP) is 4.79. The molecule has 1 fully saturated rings. The Morgan fingerprint density at radius 1 is 1.10 bits per heavy atom. The lowest BCUT2D eigenvalue weighted by Crippen LogP contribution is -2.48. The van der Waals surface area contributed by atoms with Gasteiger partial charge in [-0.3, -0.25) is 9.89 Å². The Labute approximate surface area is 197 Å². The number of nitrogens with one attached hydrogen (secondary N) is 2. The second-order valence-corrected chi connectivity index (χ2v) is 7.41. The second-order valence-electron chi connectivity index (χ2n) is 7.41. The van der Waals surface area contributed by atoms with Crippen molar-refractivity contribution in [1.29, 1.82) is 0 Å². The fraction of sp³-hybridized carbons (Fsp3) is 0.409. The summed E-state index contributed by atoms with van der Waals surface area (Å²) < 4.78 is 52.7. The first-order chi connectivity index (χ1) is 14.3. The van der Waals surface area contributed by atoms with Gasteiger partial charge in [-0.2, -0.15) is 13.2 Å². The number of alkyl halides is 3. The molecule has 1 aliphatic rings. The van der Waals surface area contributed by atoms with Crippen molar-refractivity contribution in [3.05, 3.63) is 71.0 Å². The molecule has 9 heteroatoms. The summed E-state index contributed by atoms with van der Waals surface area (Å²) in [5.41, 5.74) is 0.283. The molecule has 0 bridgehead atoms. The fourth-order valence-corrected chi connectivity index (χ4v) is 3.61. The summed E-state index contributed by atoms with van der Waals surface area (Å²) in [5.74, 6) is -0.468. The molecule has 0 saturated carbocycles. The summed E-state index contributed by atoms with van der Waals surface area (Å²) in [6.07, 6.45) is -2.78. The molecule has 2 N–H and O–H groups in total. The number of hydrogen-bond acceptors (Lipinski definition) is 2. The van der Waals surface area contributed by atoms with Gasteiger partial charge in [-0.15, -0.1) is 24.0 Å². The van der Waals surface area contributed by atoms with Crippen LogP contribution in [0.5, 0.6) is 0 Å². The van der Waals surface area contributed by atoms with E-state index in [1.807, 2.05) is 18.2 Å². The van der Waals surface area contributed by atoms with Crippen LogP contribution in [0.1, 0.15) is 29.5 Å². The lowest BCUT2D eigenvalue weighted by Gasteiger charge is -2.33. The van der Waals surface area contributed by atoms with Crippen LogP contribution in [0.25, 0.3) is 0 Å². The molecule has 31 heavy (non-hydrogen) atoms. The first-order valence-electron chi connectivity index (χ1n) is 9.94. The molecule has 170 valence electrons. The van der Waals surface area contributed by atoms with Gasteiger partial charge in [0.2, 0.25) is 0 Å². The lowest BCUT2D eigenvalue weighted by molar-refractivity contribution is -0.138. The van der Waals surface area contributed by atoms with Gasteiger partial charge in [-0.25, -0.2) is 4.39 Å². The van der Waals surface area contributed by atoms with Gasteiger partial charge in [0, 0.05) is 39.3 Å². The Hall–Kier alpha value is -1.88. The summed E-state index contributed by atoms with van der Waals surface area (Å²) >= 11 is 0. The smallest absolute Gasteiger partial charge is 0.354 e. The Morgan fingerprint density at radius 3 is 2.39 bits per heavy atom. The molecule has 0 unspecified atom stereocenters. The zero-order valence-electron chi connectivity index (χ0n) is 17.3. The Balaban J connectivity index is 0.00000341. The molecule has 2 aromatic carbocycles. The second kappa shape index (κ2) is 11.7. The van der Waals surface area contributed by atoms with Crippen molar-refractivity contribution in [2.45, 2.75) is 38.1 Å². The van der Waals surface area contributed by atoms with E-state index in [1.54, 1.807) is 7.05 Å². The molecular weight excluding hydrogens is 523 g/mol. The van der Waals surface area contributed by atoms with E-state index < -0.39 is 17.6 Å². The summed E-state index contributed by atoms with van der Waals surface area (Å²) in [7, 11) is 1.58. The molecule has 0 spiro atoms. The highest BCUT2D eigenvalue weighted by molar-refractivity contribution is 14.0. The molecule has 1 heterocycles. The standard InChI is InChI=1S/C22H26F4N4.HI/c1-27-21(28-14-17-7-8-18(23)13-20(17)22(24,25)26)29-19-9-11-30(12-10-19)15-16-5-3-2-4-6-16;/h2-8,13,19H,9-12,14-15H2,1H3,(H2,27,28,29);1H. The minimum atomic E-state index is -4.61. The topological polar surface area (TPSA) is 39.7 Å². The van der Waals surface area contributed by atoms with Gasteiger partial charge < -0.3 is 10.6 Å². The van der Waals surface area contributed by atoms with Gasteiger partial charge >= 0.3 is 6.18 Å². The van der Waals surface area contributed by atoms with Gasteiger partial charge in [0.05, 0.1) is 5.56 Å². The van der Waals surface area contributed by atoms with Crippen LogP contribution in [-0.2, 0) is 19.3 Å². The van der Waals surface area contributed by atoms with E-state index in [-0.39, 0.29) is 42.1 Å². The van der Waals surface area contributed by atoms with E-state index in [0.717, 1.165) is 44.6 Å². The quantitative estimate of drug-likeness (QED) is 0.244. The minimum absolute atomic E-state index is 0. The van der Waals surface area contributed by atoms with Crippen LogP contribution in [0.15, 0.2) is 53.5 Å². The van der Waals surface area contributed by atoms with E-state index in [2.05, 4.69) is 32.7 Å². The van der Waals surface area contributed by atoms with Crippen LogP contribution in [0.2, 0.25) is 0 Å². The highest BCUT2D eigenvalue weighted by atomic mass is 127. The van der Waals surface area contributed by atoms with Gasteiger partial charge in [0.1, 0.15) is 5.82 Å². The minimum Gasteiger partial charge on any atom is -0.354 e. The third-order valence-electron chi connectivity index (χ3n) is 5.22. The van der Waals surface area contributed by atoms with Crippen LogP contribution in [0.3, 0.4) is 0 Å². The number of aliphatic imine (C=N–C) groups is 1. The molecule has 0 aromatic heterocycles. The van der Waals surface area contributed by atoms with Crippen LogP contribution in [0.4, 0.5) is 17.6 Å². The first-order valence-corrected chi connectivity index (χ1v) is 9.94. The molecule has 0 amide bonds. The number of hydrogen-bond donors (Lipinski definition) is 2. The van der Waals surface area contributed by atoms with Crippen molar-refractivity contribution in [1.82, 2.24) is 15.5 Å². The number of likely N-dealkylation sites (tertiary alicyclic amines) is 1. The van der Waals surface area contributed by atoms with Gasteiger partial charge in [-0.05, 0) is 36.1 Å². The fourth-order valence-electron chi connectivity index (χ4n) is 3.61. The summed E-state index contributed by atoms with van der Waals surface area (Å²) in [6.45, 7) is 2.67. The summed E-state index contributed by atoms with van der Waals surface area (Å²) in [4.78, 5) is 6.51. The zero-order valence-corrected chi connectivity index (χ0v) is 19.6. The maximum Gasteiger partial charge on any atom is 0.416 e. The largest absolute Gasteiger partial charge is 0.416 e. The molecular formula is C22H27F4IN4. The van der Waals surface area contributed by atoms with Gasteiger partial charge in [0.15, 0.2) is 5.96 Å². The van der Waals surface area contributed by atoms with Crippen molar-refractivity contribution >= 4 is 29.9 Å². The van der Waals surface area contributed by atoms with Crippen molar-refractivity contribution in [2.24, 2.45) is 4.99 Å². The van der Waals surface area contributed by atoms with Crippen molar-refractivity contribution in [2.75, 3.05) is 20.1 Å². The molecule has 3 rings (SSSR count). The maximum absolute atomic E-state index is 13.3. The Bertz CT molecular complexity index is 850. The number of rotatable bonds is 5. The van der Waals surface area contributed by atoms with Crippen LogP contribution in [0, 0.1) is 5.82 Å². The maximum atomic E-state index is 13.3. The Morgan fingerprint density at radius 2 is 1.77 bits per heavy atom. The van der Waals surface area contributed by atoms with Crippen molar-refractivity contribution < 1.29 is 17.6 Å². The first kappa shape index (κ1) is 25.4. The summed E-state index contributed by atoms with van der Waals surface area (Å²) in [5, 5.41) is 6.21. The SMILES string of the molecule is CN=C(NCc1ccc(F)cc1C(F)(F)F)NC1CCN(Cc2ccccc2)CC1.I. The number of halogens is 5. The number of nitrogens with zero attached hydrogens (tertiary/aromatic N) is 2. The molecule has 1 saturated heterocycles. The van der Waals surface area contributed by atoms with Crippen molar-refractivity contribution in [3.8, 4) is 0 Å². The molecule has 1 aliphatic heterocycles. The van der Waals surface area contributed by atoms with Crippen LogP contribution < -0.4 is 10.6 Å². The third kappa shape index (κ3) is 7.64. The van der Waals surface area contributed by atoms with E-state index in [1.165, 1.54) is 5.56 Å². The number of guanidine groups is 1. The molecule has 0 atom stereocenters. The van der Waals surface area contributed by atoms with E-state index in [0.29, 0.717) is 12.0 Å². The van der Waals surface area contributed by atoms with Gasteiger partial charge in [-0.1, -0.05) is 36.4 Å². The van der Waals surface area contributed by atoms with E-state index >= 15 is 0 Å². The highest BCUT2D eigenvalue weighted by Crippen LogP contribution is 2.32. The van der Waals surface area contributed by atoms with Crippen LogP contribution in [-0.4, -0.2) is 37.0 Å². The highest BCUT2D eigenvalue weighted by Gasteiger charge is 2.33. The molecule has 2 aromatic rings. The monoisotopic (exact) mass is 550 g/mol. The zero-order chi connectivity index (χ0) is 21.6.